The van der Waals surface area contributed by atoms with Gasteiger partial charge in [-0.1, -0.05) is 13.3 Å². The van der Waals surface area contributed by atoms with Crippen LogP contribution in [0.1, 0.15) is 24.9 Å². The summed E-state index contributed by atoms with van der Waals surface area (Å²) in [7, 11) is -3.17. The number of H-pyrrole nitrogens is 1. The first-order valence-corrected chi connectivity index (χ1v) is 7.92. The Morgan fingerprint density at radius 3 is 2.56 bits per heavy atom. The highest BCUT2D eigenvalue weighted by Crippen LogP contribution is 2.08. The first-order valence-electron chi connectivity index (χ1n) is 4.78. The number of hydrogen-bond donors (Lipinski definition) is 1. The summed E-state index contributed by atoms with van der Waals surface area (Å²) in [5, 5.41) is 0. The summed E-state index contributed by atoms with van der Waals surface area (Å²) in [5.41, 5.74) is 0.406. The smallest absolute Gasteiger partial charge is 0.264 e. The molecule has 0 spiro atoms. The number of aryl methyl sites for hydroxylation is 1. The molecule has 0 unspecified atom stereocenters. The molecule has 1 aromatic heterocycles. The molecule has 0 aromatic carbocycles. The van der Waals surface area contributed by atoms with Crippen molar-refractivity contribution in [1.82, 2.24) is 9.97 Å². The zero-order valence-electron chi connectivity index (χ0n) is 9.08. The highest BCUT2D eigenvalue weighted by molar-refractivity contribution is 14.1. The van der Waals surface area contributed by atoms with E-state index in [1.54, 1.807) is 0 Å². The first kappa shape index (κ1) is 13.6. The molecule has 0 fully saturated rings. The average Bonchev–Trinajstić information content (AvgIpc) is 2.11. The van der Waals surface area contributed by atoms with Gasteiger partial charge in [-0.25, -0.2) is 13.4 Å². The molecule has 0 radical (unpaired) electrons. The topological polar surface area (TPSA) is 79.9 Å². The van der Waals surface area contributed by atoms with Crippen LogP contribution >= 0.6 is 22.6 Å². The van der Waals surface area contributed by atoms with E-state index in [1.165, 1.54) is 0 Å². The number of nitrogens with one attached hydrogen (secondary N) is 1. The molecule has 1 aromatic rings. The molecule has 1 N–H and O–H groups in total. The molecular formula is C9H13IN2O3S. The van der Waals surface area contributed by atoms with Gasteiger partial charge in [0.2, 0.25) is 0 Å². The third-order valence-corrected chi connectivity index (χ3v) is 3.78. The molecule has 90 valence electrons. The fourth-order valence-electron chi connectivity index (χ4n) is 1.28. The van der Waals surface area contributed by atoms with E-state index < -0.39 is 9.84 Å². The summed E-state index contributed by atoms with van der Waals surface area (Å²) < 4.78 is 22.7. The Morgan fingerprint density at radius 1 is 1.44 bits per heavy atom. The van der Waals surface area contributed by atoms with Gasteiger partial charge in [0, 0.05) is 6.26 Å². The minimum Gasteiger partial charge on any atom is -0.309 e. The van der Waals surface area contributed by atoms with Gasteiger partial charge in [-0.3, -0.25) is 4.79 Å². The van der Waals surface area contributed by atoms with Crippen molar-refractivity contribution in [2.75, 3.05) is 6.26 Å². The lowest BCUT2D eigenvalue weighted by Gasteiger charge is -2.04. The summed E-state index contributed by atoms with van der Waals surface area (Å²) in [5.74, 6) is -0.00746. The molecule has 0 saturated heterocycles. The summed E-state index contributed by atoms with van der Waals surface area (Å²) >= 11 is 1.93. The number of aromatic nitrogens is 2. The van der Waals surface area contributed by atoms with Crippen LogP contribution in [0, 0.1) is 3.57 Å². The third-order valence-electron chi connectivity index (χ3n) is 1.87. The van der Waals surface area contributed by atoms with Crippen LogP contribution in [0.4, 0.5) is 0 Å². The van der Waals surface area contributed by atoms with Crippen molar-refractivity contribution in [2.24, 2.45) is 0 Å². The maximum Gasteiger partial charge on any atom is 0.264 e. The van der Waals surface area contributed by atoms with Gasteiger partial charge in [0.25, 0.3) is 5.56 Å². The van der Waals surface area contributed by atoms with Gasteiger partial charge in [0.1, 0.15) is 11.6 Å². The number of rotatable bonds is 4. The highest BCUT2D eigenvalue weighted by Gasteiger charge is 2.11. The van der Waals surface area contributed by atoms with E-state index in [4.69, 9.17) is 0 Å². The second-order valence-electron chi connectivity index (χ2n) is 3.59. The van der Waals surface area contributed by atoms with Gasteiger partial charge in [0.05, 0.1) is 9.26 Å². The lowest BCUT2D eigenvalue weighted by atomic mass is 10.2. The van der Waals surface area contributed by atoms with Crippen LogP contribution in [0.5, 0.6) is 0 Å². The summed E-state index contributed by atoms with van der Waals surface area (Å²) in [4.78, 5) is 18.2. The maximum atomic E-state index is 11.5. The van der Waals surface area contributed by atoms with Crippen LogP contribution in [-0.4, -0.2) is 24.6 Å². The van der Waals surface area contributed by atoms with E-state index in [9.17, 15) is 13.2 Å². The first-order chi connectivity index (χ1) is 7.33. The SMILES string of the molecule is CCCc1nc(CS(C)(=O)=O)[nH]c(=O)c1I. The van der Waals surface area contributed by atoms with Crippen molar-refractivity contribution in [3.63, 3.8) is 0 Å². The number of sulfone groups is 1. The van der Waals surface area contributed by atoms with Crippen LogP contribution in [0.15, 0.2) is 4.79 Å². The van der Waals surface area contributed by atoms with Crippen LogP contribution in [0.3, 0.4) is 0 Å². The standard InChI is InChI=1S/C9H13IN2O3S/c1-3-4-6-8(10)9(13)12-7(11-6)5-16(2,14)15/h3-5H2,1-2H3,(H,11,12,13). The molecule has 0 amide bonds. The van der Waals surface area contributed by atoms with Crippen molar-refractivity contribution in [3.05, 3.63) is 25.4 Å². The molecule has 0 atom stereocenters. The normalized spacial score (nSPS) is 11.7. The zero-order chi connectivity index (χ0) is 12.3. The molecule has 0 saturated carbocycles. The molecule has 0 aliphatic rings. The van der Waals surface area contributed by atoms with Gasteiger partial charge < -0.3 is 4.98 Å². The average molecular weight is 356 g/mol. The second kappa shape index (κ2) is 5.26. The molecule has 1 rings (SSSR count). The number of halogens is 1. The van der Waals surface area contributed by atoms with Crippen molar-refractivity contribution < 1.29 is 8.42 Å². The second-order valence-corrected chi connectivity index (χ2v) is 6.81. The number of aromatic amines is 1. The number of nitrogens with zero attached hydrogens (tertiary/aromatic N) is 1. The Kier molecular flexibility index (Phi) is 4.48. The minimum atomic E-state index is -3.17. The number of hydrogen-bond acceptors (Lipinski definition) is 4. The highest BCUT2D eigenvalue weighted by atomic mass is 127. The van der Waals surface area contributed by atoms with Gasteiger partial charge in [-0.15, -0.1) is 0 Å². The van der Waals surface area contributed by atoms with Crippen molar-refractivity contribution in [1.29, 1.82) is 0 Å². The van der Waals surface area contributed by atoms with E-state index in [2.05, 4.69) is 9.97 Å². The van der Waals surface area contributed by atoms with Gasteiger partial charge in [-0.05, 0) is 29.0 Å². The third kappa shape index (κ3) is 3.85. The Balaban J connectivity index is 3.19. The lowest BCUT2D eigenvalue weighted by molar-refractivity contribution is 0.599. The lowest BCUT2D eigenvalue weighted by Crippen LogP contribution is -2.19. The van der Waals surface area contributed by atoms with E-state index in [0.717, 1.165) is 12.7 Å². The molecule has 16 heavy (non-hydrogen) atoms. The fourth-order valence-corrected chi connectivity index (χ4v) is 2.43. The molecule has 0 aliphatic heterocycles. The van der Waals surface area contributed by atoms with E-state index in [-0.39, 0.29) is 17.1 Å². The summed E-state index contributed by atoms with van der Waals surface area (Å²) in [6.45, 7) is 1.98. The Morgan fingerprint density at radius 2 is 2.06 bits per heavy atom. The van der Waals surface area contributed by atoms with Crippen molar-refractivity contribution in [2.45, 2.75) is 25.5 Å². The van der Waals surface area contributed by atoms with Crippen LogP contribution in [-0.2, 0) is 22.0 Å². The molecule has 1 heterocycles. The van der Waals surface area contributed by atoms with E-state index in [1.807, 2.05) is 29.5 Å². The molecular weight excluding hydrogens is 343 g/mol. The van der Waals surface area contributed by atoms with Gasteiger partial charge in [-0.2, -0.15) is 0 Å². The summed E-state index contributed by atoms with van der Waals surface area (Å²) in [6.07, 6.45) is 2.66. The Hall–Kier alpha value is -0.440. The van der Waals surface area contributed by atoms with Gasteiger partial charge in [0.15, 0.2) is 9.84 Å². The molecule has 0 aliphatic carbocycles. The van der Waals surface area contributed by atoms with E-state index >= 15 is 0 Å². The molecule has 5 nitrogen and oxygen atoms in total. The van der Waals surface area contributed by atoms with Crippen LogP contribution in [0.2, 0.25) is 0 Å². The van der Waals surface area contributed by atoms with Crippen LogP contribution in [0.25, 0.3) is 0 Å². The maximum absolute atomic E-state index is 11.5. The quantitative estimate of drug-likeness (QED) is 0.812. The predicted octanol–water partition coefficient (Wildman–Crippen LogP) is 0.872. The Bertz CT molecular complexity index is 536. The zero-order valence-corrected chi connectivity index (χ0v) is 12.1. The van der Waals surface area contributed by atoms with Crippen molar-refractivity contribution in [3.8, 4) is 0 Å². The summed E-state index contributed by atoms with van der Waals surface area (Å²) in [6, 6.07) is 0. The van der Waals surface area contributed by atoms with Crippen molar-refractivity contribution >= 4 is 32.4 Å². The largest absolute Gasteiger partial charge is 0.309 e. The fraction of sp³-hybridized carbons (Fsp3) is 0.556. The van der Waals surface area contributed by atoms with Crippen LogP contribution < -0.4 is 5.56 Å². The monoisotopic (exact) mass is 356 g/mol. The Labute approximate surface area is 108 Å². The molecule has 0 bridgehead atoms. The predicted molar refractivity (Wildman–Crippen MR) is 70.1 cm³/mol. The minimum absolute atomic E-state index is 0.219. The van der Waals surface area contributed by atoms with E-state index in [0.29, 0.717) is 15.7 Å². The van der Waals surface area contributed by atoms with Gasteiger partial charge >= 0.3 is 0 Å². The molecule has 7 heteroatoms.